The van der Waals surface area contributed by atoms with Crippen LogP contribution >= 0.6 is 11.6 Å². The van der Waals surface area contributed by atoms with E-state index in [2.05, 4.69) is 34.5 Å². The molecule has 6 rings (SSSR count). The number of aromatic nitrogens is 4. The Balaban J connectivity index is 0.000000192. The van der Waals surface area contributed by atoms with Crippen molar-refractivity contribution in [3.63, 3.8) is 0 Å². The van der Waals surface area contributed by atoms with Crippen molar-refractivity contribution < 1.29 is 29.1 Å². The number of benzene rings is 2. The molecule has 2 aromatic carbocycles. The summed E-state index contributed by atoms with van der Waals surface area (Å²) >= 11 is 6.11. The summed E-state index contributed by atoms with van der Waals surface area (Å²) in [6.07, 6.45) is 9.28. The van der Waals surface area contributed by atoms with Crippen molar-refractivity contribution in [2.45, 2.75) is 51.4 Å². The van der Waals surface area contributed by atoms with Crippen LogP contribution in [-0.2, 0) is 9.47 Å². The molecule has 52 heavy (non-hydrogen) atoms. The van der Waals surface area contributed by atoms with Crippen molar-refractivity contribution in [3.8, 4) is 11.3 Å². The lowest BCUT2D eigenvalue weighted by Crippen LogP contribution is -2.29. The smallest absolute Gasteiger partial charge is 0.464 e. The number of anilines is 4. The van der Waals surface area contributed by atoms with E-state index in [-0.39, 0.29) is 28.2 Å². The van der Waals surface area contributed by atoms with Gasteiger partial charge < -0.3 is 40.8 Å². The van der Waals surface area contributed by atoms with Crippen LogP contribution in [0.1, 0.15) is 72.3 Å². The first-order chi connectivity index (χ1) is 25.1. The number of methoxy groups -OCH3 is 2. The Morgan fingerprint density at radius 3 is 1.52 bits per heavy atom. The topological polar surface area (TPSA) is 203 Å². The normalized spacial score (nSPS) is 14.3. The van der Waals surface area contributed by atoms with Crippen molar-refractivity contribution in [2.24, 2.45) is 0 Å². The molecular weight excluding hydrogens is 687 g/mol. The summed E-state index contributed by atoms with van der Waals surface area (Å²) in [7, 11) is 1.24. The maximum atomic E-state index is 11.9. The standard InChI is InChI=1S/C18H22N4O2.C12H17ClN4O2.C6H7BO2/c1-24-18(23)15-16(19)21-17(22-11-7-2-3-8-12-22)14(20-15)13-9-5-4-6-10-13;1-19-12(18)8-10(14)16-11(9(13)15-8)17-6-4-2-3-5-7-17;8-7(9)6-4-2-1-3-5-6/h4-6,9-10H,2-3,7-8,11-12H2,1H3,(H2,19,21);2-7H2,1H3,(H2,14,16);1-5,8-9H. The molecular formula is C36H46BClN8O6. The van der Waals surface area contributed by atoms with Gasteiger partial charge in [-0.25, -0.2) is 29.5 Å². The Morgan fingerprint density at radius 2 is 1.08 bits per heavy atom. The zero-order valence-corrected chi connectivity index (χ0v) is 30.3. The van der Waals surface area contributed by atoms with Gasteiger partial charge in [-0.3, -0.25) is 0 Å². The fraction of sp³-hybridized carbons (Fsp3) is 0.389. The van der Waals surface area contributed by atoms with E-state index in [0.29, 0.717) is 17.0 Å². The Kier molecular flexibility index (Phi) is 15.4. The number of carbonyl (C=O) groups is 2. The number of nitrogens with two attached hydrogens (primary N) is 2. The van der Waals surface area contributed by atoms with E-state index in [1.54, 1.807) is 24.3 Å². The molecule has 6 N–H and O–H groups in total. The molecule has 2 aromatic heterocycles. The van der Waals surface area contributed by atoms with Crippen LogP contribution in [0.2, 0.25) is 5.15 Å². The van der Waals surface area contributed by atoms with Gasteiger partial charge in [0.2, 0.25) is 0 Å². The predicted molar refractivity (Wildman–Crippen MR) is 204 cm³/mol. The van der Waals surface area contributed by atoms with E-state index >= 15 is 0 Å². The zero-order valence-electron chi connectivity index (χ0n) is 29.6. The van der Waals surface area contributed by atoms with Crippen LogP contribution in [0.25, 0.3) is 11.3 Å². The third-order valence-electron chi connectivity index (χ3n) is 8.48. The SMILES string of the molecule is COC(=O)c1nc(-c2ccccc2)c(N2CCCCCC2)nc1N.COC(=O)c1nc(Cl)c(N2CCCCCC2)nc1N.OB(O)c1ccccc1. The fourth-order valence-electron chi connectivity index (χ4n) is 5.75. The summed E-state index contributed by atoms with van der Waals surface area (Å²) < 4.78 is 9.36. The molecule has 16 heteroatoms. The molecule has 0 atom stereocenters. The average molecular weight is 733 g/mol. The van der Waals surface area contributed by atoms with Crippen LogP contribution in [-0.4, -0.2) is 89.4 Å². The highest BCUT2D eigenvalue weighted by Crippen LogP contribution is 2.31. The van der Waals surface area contributed by atoms with E-state index in [0.717, 1.165) is 63.2 Å². The van der Waals surface area contributed by atoms with E-state index in [9.17, 15) is 9.59 Å². The molecule has 2 fully saturated rings. The van der Waals surface area contributed by atoms with Gasteiger partial charge in [0.05, 0.1) is 14.2 Å². The second kappa shape index (κ2) is 20.2. The number of halogens is 1. The van der Waals surface area contributed by atoms with E-state index < -0.39 is 19.1 Å². The number of carbonyl (C=O) groups excluding carboxylic acids is 2. The van der Waals surface area contributed by atoms with Gasteiger partial charge in [-0.05, 0) is 31.1 Å². The van der Waals surface area contributed by atoms with Crippen LogP contribution in [0, 0.1) is 0 Å². The molecule has 2 aliphatic rings. The molecule has 2 saturated heterocycles. The summed E-state index contributed by atoms with van der Waals surface area (Å²) in [6, 6.07) is 18.4. The van der Waals surface area contributed by atoms with Gasteiger partial charge >= 0.3 is 19.1 Å². The fourth-order valence-corrected chi connectivity index (χ4v) is 6.00. The lowest BCUT2D eigenvalue weighted by molar-refractivity contribution is 0.0586. The van der Waals surface area contributed by atoms with Gasteiger partial charge in [0.1, 0.15) is 5.69 Å². The highest BCUT2D eigenvalue weighted by atomic mass is 35.5. The van der Waals surface area contributed by atoms with Crippen LogP contribution < -0.4 is 26.7 Å². The summed E-state index contributed by atoms with van der Waals surface area (Å²) in [5, 5.41) is 17.3. The maximum absolute atomic E-state index is 11.9. The third kappa shape index (κ3) is 11.0. The highest BCUT2D eigenvalue weighted by molar-refractivity contribution is 6.58. The van der Waals surface area contributed by atoms with Gasteiger partial charge in [-0.2, -0.15) is 0 Å². The van der Waals surface area contributed by atoms with E-state index in [1.807, 2.05) is 36.4 Å². The predicted octanol–water partition coefficient (Wildman–Crippen LogP) is 4.14. The molecule has 14 nitrogen and oxygen atoms in total. The summed E-state index contributed by atoms with van der Waals surface area (Å²) in [4.78, 5) is 45.0. The van der Waals surface area contributed by atoms with Crippen molar-refractivity contribution in [2.75, 3.05) is 61.7 Å². The Hall–Kier alpha value is -4.99. The van der Waals surface area contributed by atoms with Crippen LogP contribution in [0.5, 0.6) is 0 Å². The monoisotopic (exact) mass is 732 g/mol. The summed E-state index contributed by atoms with van der Waals surface area (Å²) in [6.45, 7) is 3.61. The molecule has 0 bridgehead atoms. The van der Waals surface area contributed by atoms with Crippen LogP contribution in [0.15, 0.2) is 60.7 Å². The molecule has 0 saturated carbocycles. The van der Waals surface area contributed by atoms with Gasteiger partial charge in [-0.15, -0.1) is 0 Å². The molecule has 0 radical (unpaired) electrons. The molecule has 0 amide bonds. The van der Waals surface area contributed by atoms with Crippen molar-refractivity contribution >= 4 is 59.4 Å². The Labute approximate surface area is 309 Å². The highest BCUT2D eigenvalue weighted by Gasteiger charge is 2.24. The minimum absolute atomic E-state index is 0.0360. The van der Waals surface area contributed by atoms with E-state index in [1.165, 1.54) is 39.9 Å². The number of hydrogen-bond donors (Lipinski definition) is 4. The largest absolute Gasteiger partial charge is 0.488 e. The first-order valence-electron chi connectivity index (χ1n) is 17.3. The minimum Gasteiger partial charge on any atom is -0.464 e. The number of nitrogens with zero attached hydrogens (tertiary/aromatic N) is 6. The first-order valence-corrected chi connectivity index (χ1v) is 17.7. The summed E-state index contributed by atoms with van der Waals surface area (Å²) in [5.74, 6) is 0.257. The lowest BCUT2D eigenvalue weighted by atomic mass is 9.81. The van der Waals surface area contributed by atoms with Gasteiger partial charge in [-0.1, -0.05) is 97.9 Å². The number of ether oxygens (including phenoxy) is 2. The second-order valence-corrected chi connectivity index (χ2v) is 12.5. The second-order valence-electron chi connectivity index (χ2n) is 12.1. The molecule has 4 aromatic rings. The molecule has 0 unspecified atom stereocenters. The number of esters is 2. The molecule has 4 heterocycles. The van der Waals surface area contributed by atoms with E-state index in [4.69, 9.17) is 37.9 Å². The van der Waals surface area contributed by atoms with Crippen molar-refractivity contribution in [1.82, 2.24) is 19.9 Å². The van der Waals surface area contributed by atoms with Gasteiger partial charge in [0, 0.05) is 31.7 Å². The molecule has 0 aliphatic carbocycles. The number of nitrogen functional groups attached to an aromatic ring is 2. The average Bonchev–Trinajstić information content (AvgIpc) is 3.62. The Bertz CT molecular complexity index is 1740. The number of rotatable bonds is 6. The zero-order chi connectivity index (χ0) is 37.5. The molecule has 276 valence electrons. The summed E-state index contributed by atoms with van der Waals surface area (Å²) in [5.41, 5.74) is 13.9. The van der Waals surface area contributed by atoms with Crippen molar-refractivity contribution in [3.05, 3.63) is 77.2 Å². The van der Waals surface area contributed by atoms with Crippen LogP contribution in [0.3, 0.4) is 0 Å². The van der Waals surface area contributed by atoms with Crippen molar-refractivity contribution in [1.29, 1.82) is 0 Å². The first kappa shape index (κ1) is 39.8. The lowest BCUT2D eigenvalue weighted by Gasteiger charge is -2.24. The Morgan fingerprint density at radius 1 is 0.654 bits per heavy atom. The minimum atomic E-state index is -1.34. The van der Waals surface area contributed by atoms with Gasteiger partial charge in [0.25, 0.3) is 0 Å². The van der Waals surface area contributed by atoms with Crippen LogP contribution in [0.4, 0.5) is 23.3 Å². The number of hydrogen-bond acceptors (Lipinski definition) is 14. The molecule has 2 aliphatic heterocycles. The molecule has 0 spiro atoms. The van der Waals surface area contributed by atoms with Gasteiger partial charge in [0.15, 0.2) is 39.8 Å². The maximum Gasteiger partial charge on any atom is 0.488 e. The third-order valence-corrected chi connectivity index (χ3v) is 8.74. The quantitative estimate of drug-likeness (QED) is 0.163.